The second-order valence-corrected chi connectivity index (χ2v) is 4.58. The van der Waals surface area contributed by atoms with Crippen LogP contribution < -0.4 is 0 Å². The van der Waals surface area contributed by atoms with E-state index in [4.69, 9.17) is 19.0 Å². The molecule has 6 heteroatoms. The van der Waals surface area contributed by atoms with E-state index in [0.29, 0.717) is 6.42 Å². The second kappa shape index (κ2) is 1.23. The van der Waals surface area contributed by atoms with Gasteiger partial charge in [0.1, 0.15) is 6.10 Å². The predicted octanol–water partition coefficient (Wildman–Crippen LogP) is -1.88. The van der Waals surface area contributed by atoms with Gasteiger partial charge in [-0.1, -0.05) is 0 Å². The maximum Gasteiger partial charge on any atom is 0.294 e. The monoisotopic (exact) mass is 184 g/mol. The van der Waals surface area contributed by atoms with Crippen molar-refractivity contribution in [3.8, 4) is 0 Å². The molecule has 5 nitrogen and oxygen atoms in total. The summed E-state index contributed by atoms with van der Waals surface area (Å²) < 4.78 is 15.7. The predicted molar refractivity (Wildman–Crippen MR) is 32.8 cm³/mol. The van der Waals surface area contributed by atoms with Gasteiger partial charge in [-0.15, -0.1) is 0 Å². The lowest BCUT2D eigenvalue weighted by molar-refractivity contribution is -0.203. The average Bonchev–Trinajstić information content (AvgIpc) is 2.89. The summed E-state index contributed by atoms with van der Waals surface area (Å²) >= 11 is 0. The third kappa shape index (κ3) is 0.312. The summed E-state index contributed by atoms with van der Waals surface area (Å²) in [6.07, 6.45) is 0.0467. The van der Waals surface area contributed by atoms with Crippen LogP contribution in [-0.2, 0) is 19.0 Å². The lowest BCUT2D eigenvalue weighted by Gasteiger charge is -2.35. The molecule has 4 atom stereocenters. The molecule has 2 spiro atoms. The van der Waals surface area contributed by atoms with Gasteiger partial charge in [-0.2, -0.15) is 0 Å². The van der Waals surface area contributed by atoms with Gasteiger partial charge in [0.2, 0.25) is 5.78 Å². The first-order valence-corrected chi connectivity index (χ1v) is 4.68. The zero-order valence-corrected chi connectivity index (χ0v) is 6.86. The largest absolute Gasteiger partial charge is 0.429 e. The number of hydrogen-bond donors (Lipinski definition) is 1. The number of carbonyl (C=O) groups excluding carboxylic acids is 1. The number of Topliss-reactive ketones (excluding diaryl/α,β-unsaturated/α-hetero) is 1. The van der Waals surface area contributed by atoms with Crippen molar-refractivity contribution in [3.05, 3.63) is 0 Å². The first kappa shape index (κ1) is 6.22. The molecule has 4 unspecified atom stereocenters. The van der Waals surface area contributed by atoms with Gasteiger partial charge in [0.25, 0.3) is 21.3 Å². The van der Waals surface area contributed by atoms with Crippen molar-refractivity contribution >= 4 is 15.5 Å². The molecule has 4 heterocycles. The van der Waals surface area contributed by atoms with Crippen LogP contribution in [0.15, 0.2) is 0 Å². The Labute approximate surface area is 69.5 Å². The molecule has 5 rings (SSSR count). The van der Waals surface area contributed by atoms with Crippen LogP contribution in [0.2, 0.25) is 0 Å². The first-order chi connectivity index (χ1) is 5.70. The van der Waals surface area contributed by atoms with Crippen LogP contribution in [0.5, 0.6) is 0 Å². The van der Waals surface area contributed by atoms with E-state index < -0.39 is 22.9 Å². The Morgan fingerprint density at radius 3 is 3.08 bits per heavy atom. The van der Waals surface area contributed by atoms with Crippen LogP contribution in [-0.4, -0.2) is 43.2 Å². The van der Waals surface area contributed by atoms with Gasteiger partial charge >= 0.3 is 0 Å². The second-order valence-electron chi connectivity index (χ2n) is 3.55. The smallest absolute Gasteiger partial charge is 0.294 e. The summed E-state index contributed by atoms with van der Waals surface area (Å²) in [6, 6.07) is 0. The van der Waals surface area contributed by atoms with E-state index in [0.717, 1.165) is 0 Å². The molecule has 5 aliphatic rings. The Kier molecular flexibility index (Phi) is 0.638. The van der Waals surface area contributed by atoms with Crippen LogP contribution in [0.1, 0.15) is 6.42 Å². The molecule has 4 saturated heterocycles. The van der Waals surface area contributed by atoms with Gasteiger partial charge in [-0.25, -0.2) is 0 Å². The molecule has 5 fully saturated rings. The van der Waals surface area contributed by atoms with Crippen molar-refractivity contribution in [1.29, 1.82) is 0 Å². The third-order valence-corrected chi connectivity index (χ3v) is 4.06. The van der Waals surface area contributed by atoms with Gasteiger partial charge in [0.05, 0.1) is 0 Å². The fourth-order valence-electron chi connectivity index (χ4n) is 2.33. The van der Waals surface area contributed by atoms with E-state index >= 15 is 0 Å². The van der Waals surface area contributed by atoms with Crippen LogP contribution in [0.3, 0.4) is 0 Å². The van der Waals surface area contributed by atoms with Crippen LogP contribution >= 0.6 is 0 Å². The Hall–Kier alpha value is -0.273. The number of epoxide rings is 2. The van der Waals surface area contributed by atoms with E-state index in [1.807, 2.05) is 0 Å². The Morgan fingerprint density at radius 1 is 1.58 bits per heavy atom. The summed E-state index contributed by atoms with van der Waals surface area (Å²) in [5.74, 6) is -1.99. The summed E-state index contributed by atoms with van der Waals surface area (Å²) in [5.41, 5.74) is 0. The molecule has 2 radical (unpaired) electrons. The zero-order chi connectivity index (χ0) is 8.19. The van der Waals surface area contributed by atoms with Crippen LogP contribution in [0.4, 0.5) is 0 Å². The standard InChI is InChI=1S/C6H4O5Si/c7-3-2-1-4(12-8)6(10-4)5(3,9-2)11-6/h2,8H,1H2. The Balaban J connectivity index is 1.86. The van der Waals surface area contributed by atoms with E-state index in [1.165, 1.54) is 0 Å². The van der Waals surface area contributed by atoms with Crippen LogP contribution in [0, 0.1) is 0 Å². The maximum absolute atomic E-state index is 11.3. The summed E-state index contributed by atoms with van der Waals surface area (Å²) in [5, 5.41) is -0.593. The molecule has 4 aliphatic heterocycles. The summed E-state index contributed by atoms with van der Waals surface area (Å²) in [4.78, 5) is 20.3. The van der Waals surface area contributed by atoms with E-state index in [1.54, 1.807) is 0 Å². The molecular formula is C6H4O5Si. The number of ether oxygens (including phenoxy) is 3. The first-order valence-electron chi connectivity index (χ1n) is 3.73. The lowest BCUT2D eigenvalue weighted by atomic mass is 9.87. The quantitative estimate of drug-likeness (QED) is 0.381. The van der Waals surface area contributed by atoms with Gasteiger partial charge < -0.3 is 14.3 Å². The molecular weight excluding hydrogens is 180 g/mol. The average molecular weight is 184 g/mol. The van der Waals surface area contributed by atoms with Crippen molar-refractivity contribution < 1.29 is 23.8 Å². The summed E-state index contributed by atoms with van der Waals surface area (Å²) in [7, 11) is -0.332. The fourth-order valence-corrected chi connectivity index (χ4v) is 3.16. The topological polar surface area (TPSA) is 71.6 Å². The van der Waals surface area contributed by atoms with Crippen molar-refractivity contribution in [2.24, 2.45) is 0 Å². The van der Waals surface area contributed by atoms with Crippen LogP contribution in [0.25, 0.3) is 0 Å². The number of rotatable bonds is 1. The van der Waals surface area contributed by atoms with Gasteiger partial charge in [0, 0.05) is 6.42 Å². The molecule has 0 aromatic heterocycles. The molecule has 12 heavy (non-hydrogen) atoms. The van der Waals surface area contributed by atoms with E-state index in [-0.39, 0.29) is 15.5 Å². The number of carbonyl (C=O) groups is 1. The summed E-state index contributed by atoms with van der Waals surface area (Å²) in [6.45, 7) is 0. The maximum atomic E-state index is 11.3. The fraction of sp³-hybridized carbons (Fsp3) is 0.833. The lowest BCUT2D eigenvalue weighted by Crippen LogP contribution is -2.62. The molecule has 0 aromatic rings. The van der Waals surface area contributed by atoms with Crippen molar-refractivity contribution in [1.82, 2.24) is 0 Å². The van der Waals surface area contributed by atoms with E-state index in [9.17, 15) is 4.79 Å². The highest BCUT2D eigenvalue weighted by Gasteiger charge is 3.05. The van der Waals surface area contributed by atoms with Gasteiger partial charge in [-0.05, 0) is 0 Å². The molecule has 1 saturated carbocycles. The normalized spacial score (nSPS) is 69.4. The molecule has 1 N–H and O–H groups in total. The highest BCUT2D eigenvalue weighted by molar-refractivity contribution is 6.34. The van der Waals surface area contributed by atoms with Crippen molar-refractivity contribution in [3.63, 3.8) is 0 Å². The van der Waals surface area contributed by atoms with Crippen molar-refractivity contribution in [2.45, 2.75) is 29.3 Å². The third-order valence-electron chi connectivity index (χ3n) is 3.07. The zero-order valence-electron chi connectivity index (χ0n) is 5.86. The van der Waals surface area contributed by atoms with Gasteiger partial charge in [0.15, 0.2) is 5.22 Å². The minimum absolute atomic E-state index is 0.0196. The van der Waals surface area contributed by atoms with Crippen molar-refractivity contribution in [2.75, 3.05) is 0 Å². The molecule has 2 bridgehead atoms. The minimum Gasteiger partial charge on any atom is -0.429 e. The highest BCUT2D eigenvalue weighted by atomic mass is 28.2. The number of hydrogen-bond acceptors (Lipinski definition) is 5. The molecule has 0 amide bonds. The molecule has 0 aromatic carbocycles. The molecule has 62 valence electrons. The Bertz CT molecular complexity index is 332. The SMILES string of the molecule is O=C1C2CC3([Si]O)OC34OC14O2. The number of ketones is 1. The molecule has 1 aliphatic carbocycles. The minimum atomic E-state index is -1.09. The van der Waals surface area contributed by atoms with Gasteiger partial charge in [-0.3, -0.25) is 9.53 Å². The Morgan fingerprint density at radius 2 is 2.42 bits per heavy atom. The highest BCUT2D eigenvalue weighted by Crippen LogP contribution is 2.78. The van der Waals surface area contributed by atoms with E-state index in [2.05, 4.69) is 0 Å².